The van der Waals surface area contributed by atoms with Gasteiger partial charge in [0, 0.05) is 15.1 Å². The Morgan fingerprint density at radius 3 is 2.63 bits per heavy atom. The zero-order valence-corrected chi connectivity index (χ0v) is 11.8. The van der Waals surface area contributed by atoms with Crippen LogP contribution in [-0.2, 0) is 6.61 Å². The van der Waals surface area contributed by atoms with Gasteiger partial charge in [-0.25, -0.2) is 4.39 Å². The maximum Gasteiger partial charge on any atom is 0.201 e. The van der Waals surface area contributed by atoms with Crippen molar-refractivity contribution in [2.45, 2.75) is 6.61 Å². The highest BCUT2D eigenvalue weighted by Gasteiger charge is 2.15. The lowest BCUT2D eigenvalue weighted by Gasteiger charge is -2.12. The number of aliphatic hydroxyl groups is 1. The standard InChI is InChI=1S/C13H8BrClF2O2/c14-7-4-10(16)13(17)12(5-7)19-11-3-1-2-9(15)8(11)6-18/h1-5,18H,6H2. The highest BCUT2D eigenvalue weighted by Crippen LogP contribution is 2.33. The molecule has 100 valence electrons. The molecular formula is C13H8BrClF2O2. The molecule has 0 aliphatic heterocycles. The average molecular weight is 350 g/mol. The van der Waals surface area contributed by atoms with E-state index in [1.807, 2.05) is 0 Å². The molecule has 0 bridgehead atoms. The van der Waals surface area contributed by atoms with Crippen LogP contribution in [0.5, 0.6) is 11.5 Å². The summed E-state index contributed by atoms with van der Waals surface area (Å²) >= 11 is 8.93. The topological polar surface area (TPSA) is 29.5 Å². The normalized spacial score (nSPS) is 10.6. The molecular weight excluding hydrogens is 341 g/mol. The Morgan fingerprint density at radius 1 is 1.21 bits per heavy atom. The summed E-state index contributed by atoms with van der Waals surface area (Å²) < 4.78 is 32.5. The van der Waals surface area contributed by atoms with Crippen LogP contribution in [0.4, 0.5) is 8.78 Å². The monoisotopic (exact) mass is 348 g/mol. The molecule has 0 saturated heterocycles. The van der Waals surface area contributed by atoms with Crippen molar-refractivity contribution in [2.75, 3.05) is 0 Å². The van der Waals surface area contributed by atoms with Crippen molar-refractivity contribution in [3.63, 3.8) is 0 Å². The Bertz CT molecular complexity index is 620. The van der Waals surface area contributed by atoms with Gasteiger partial charge in [-0.3, -0.25) is 0 Å². The van der Waals surface area contributed by atoms with Gasteiger partial charge in [0.1, 0.15) is 5.75 Å². The van der Waals surface area contributed by atoms with Crippen LogP contribution < -0.4 is 4.74 Å². The third-order valence-corrected chi connectivity index (χ3v) is 3.23. The molecule has 0 unspecified atom stereocenters. The molecule has 6 heteroatoms. The summed E-state index contributed by atoms with van der Waals surface area (Å²) in [6.45, 7) is -0.368. The summed E-state index contributed by atoms with van der Waals surface area (Å²) in [6.07, 6.45) is 0. The van der Waals surface area contributed by atoms with Gasteiger partial charge in [-0.1, -0.05) is 33.6 Å². The first kappa shape index (κ1) is 14.2. The van der Waals surface area contributed by atoms with Gasteiger partial charge >= 0.3 is 0 Å². The highest BCUT2D eigenvalue weighted by molar-refractivity contribution is 9.10. The van der Waals surface area contributed by atoms with Crippen LogP contribution in [0.15, 0.2) is 34.8 Å². The summed E-state index contributed by atoms with van der Waals surface area (Å²) in [7, 11) is 0. The van der Waals surface area contributed by atoms with Crippen molar-refractivity contribution < 1.29 is 18.6 Å². The molecule has 0 heterocycles. The van der Waals surface area contributed by atoms with Gasteiger partial charge in [-0.15, -0.1) is 0 Å². The van der Waals surface area contributed by atoms with E-state index in [1.54, 1.807) is 12.1 Å². The molecule has 2 rings (SSSR count). The molecule has 0 atom stereocenters. The van der Waals surface area contributed by atoms with Crippen molar-refractivity contribution in [3.8, 4) is 11.5 Å². The number of benzene rings is 2. The van der Waals surface area contributed by atoms with Crippen LogP contribution >= 0.6 is 27.5 Å². The Kier molecular flexibility index (Phi) is 4.39. The smallest absolute Gasteiger partial charge is 0.201 e. The first-order valence-corrected chi connectivity index (χ1v) is 6.40. The van der Waals surface area contributed by atoms with Crippen molar-refractivity contribution in [1.29, 1.82) is 0 Å². The van der Waals surface area contributed by atoms with Crippen LogP contribution in [0.2, 0.25) is 5.02 Å². The minimum Gasteiger partial charge on any atom is -0.454 e. The Labute approximate surface area is 121 Å². The molecule has 0 spiro atoms. The molecule has 0 amide bonds. The molecule has 1 N–H and O–H groups in total. The lowest BCUT2D eigenvalue weighted by Crippen LogP contribution is -1.96. The van der Waals surface area contributed by atoms with Crippen molar-refractivity contribution >= 4 is 27.5 Å². The van der Waals surface area contributed by atoms with Gasteiger partial charge in [-0.05, 0) is 24.3 Å². The largest absolute Gasteiger partial charge is 0.454 e. The fraction of sp³-hybridized carbons (Fsp3) is 0.0769. The summed E-state index contributed by atoms with van der Waals surface area (Å²) in [6, 6.07) is 6.95. The maximum absolute atomic E-state index is 13.6. The van der Waals surface area contributed by atoms with Gasteiger partial charge in [0.05, 0.1) is 6.61 Å². The minimum atomic E-state index is -1.10. The summed E-state index contributed by atoms with van der Waals surface area (Å²) in [5.74, 6) is -2.25. The van der Waals surface area contributed by atoms with E-state index in [0.29, 0.717) is 10.0 Å². The van der Waals surface area contributed by atoms with E-state index >= 15 is 0 Å². The van der Waals surface area contributed by atoms with Gasteiger partial charge in [0.25, 0.3) is 0 Å². The lowest BCUT2D eigenvalue weighted by molar-refractivity contribution is 0.276. The second kappa shape index (κ2) is 5.86. The van der Waals surface area contributed by atoms with E-state index in [0.717, 1.165) is 6.07 Å². The zero-order valence-electron chi connectivity index (χ0n) is 9.46. The van der Waals surface area contributed by atoms with E-state index in [9.17, 15) is 13.9 Å². The van der Waals surface area contributed by atoms with Gasteiger partial charge in [0.15, 0.2) is 11.6 Å². The van der Waals surface area contributed by atoms with E-state index in [2.05, 4.69) is 15.9 Å². The van der Waals surface area contributed by atoms with Crippen LogP contribution in [0.1, 0.15) is 5.56 Å². The summed E-state index contributed by atoms with van der Waals surface area (Å²) in [5, 5.41) is 9.50. The molecule has 2 aromatic carbocycles. The molecule has 0 fully saturated rings. The van der Waals surface area contributed by atoms with E-state index in [4.69, 9.17) is 16.3 Å². The fourth-order valence-electron chi connectivity index (χ4n) is 1.51. The Morgan fingerprint density at radius 2 is 1.95 bits per heavy atom. The van der Waals surface area contributed by atoms with Crippen LogP contribution in [0, 0.1) is 11.6 Å². The van der Waals surface area contributed by atoms with Crippen LogP contribution in [0.3, 0.4) is 0 Å². The second-order valence-electron chi connectivity index (χ2n) is 3.68. The van der Waals surface area contributed by atoms with Gasteiger partial charge < -0.3 is 9.84 Å². The minimum absolute atomic E-state index is 0.173. The fourth-order valence-corrected chi connectivity index (χ4v) is 2.15. The quantitative estimate of drug-likeness (QED) is 0.816. The zero-order chi connectivity index (χ0) is 14.0. The summed E-state index contributed by atoms with van der Waals surface area (Å²) in [5.41, 5.74) is 0.309. The molecule has 0 aliphatic carbocycles. The predicted octanol–water partition coefficient (Wildman–Crippen LogP) is 4.67. The molecule has 0 aromatic heterocycles. The van der Waals surface area contributed by atoms with Crippen LogP contribution in [0.25, 0.3) is 0 Å². The van der Waals surface area contributed by atoms with Crippen molar-refractivity contribution in [2.24, 2.45) is 0 Å². The molecule has 0 saturated carbocycles. The van der Waals surface area contributed by atoms with Crippen molar-refractivity contribution in [1.82, 2.24) is 0 Å². The summed E-state index contributed by atoms with van der Waals surface area (Å²) in [4.78, 5) is 0. The van der Waals surface area contributed by atoms with E-state index < -0.39 is 11.6 Å². The SMILES string of the molecule is OCc1c(Cl)cccc1Oc1cc(Br)cc(F)c1F. The van der Waals surface area contributed by atoms with E-state index in [-0.39, 0.29) is 23.1 Å². The second-order valence-corrected chi connectivity index (χ2v) is 5.00. The third kappa shape index (κ3) is 3.05. The molecule has 2 aromatic rings. The lowest BCUT2D eigenvalue weighted by atomic mass is 10.2. The molecule has 0 aliphatic rings. The highest BCUT2D eigenvalue weighted by atomic mass is 79.9. The van der Waals surface area contributed by atoms with Crippen LogP contribution in [-0.4, -0.2) is 5.11 Å². The molecule has 0 radical (unpaired) electrons. The Balaban J connectivity index is 2.45. The molecule has 2 nitrogen and oxygen atoms in total. The van der Waals surface area contributed by atoms with Crippen molar-refractivity contribution in [3.05, 3.63) is 57.0 Å². The number of halogens is 4. The number of hydrogen-bond donors (Lipinski definition) is 1. The maximum atomic E-state index is 13.6. The van der Waals surface area contributed by atoms with E-state index in [1.165, 1.54) is 12.1 Å². The Hall–Kier alpha value is -1.17. The third-order valence-electron chi connectivity index (χ3n) is 2.41. The molecule has 19 heavy (non-hydrogen) atoms. The number of rotatable bonds is 3. The number of aliphatic hydroxyl groups excluding tert-OH is 1. The first-order chi connectivity index (χ1) is 9.02. The van der Waals surface area contributed by atoms with Gasteiger partial charge in [-0.2, -0.15) is 4.39 Å². The number of ether oxygens (including phenoxy) is 1. The first-order valence-electron chi connectivity index (χ1n) is 5.23. The predicted molar refractivity (Wildman–Crippen MR) is 71.5 cm³/mol. The van der Waals surface area contributed by atoms with Gasteiger partial charge in [0.2, 0.25) is 5.82 Å². The number of hydrogen-bond acceptors (Lipinski definition) is 2. The average Bonchev–Trinajstić information content (AvgIpc) is 2.35.